The zero-order chi connectivity index (χ0) is 19.0. The third-order valence-corrected chi connectivity index (χ3v) is 4.30. The highest BCUT2D eigenvalue weighted by molar-refractivity contribution is 5.76. The first-order valence-electron chi connectivity index (χ1n) is 9.13. The fourth-order valence-electron chi connectivity index (χ4n) is 2.83. The van der Waals surface area contributed by atoms with Crippen LogP contribution in [0, 0.1) is 0 Å². The number of hydrogen-bond donors (Lipinski definition) is 2. The molecule has 0 unspecified atom stereocenters. The molecule has 0 radical (unpaired) electrons. The Kier molecular flexibility index (Phi) is 7.07. The Morgan fingerprint density at radius 3 is 2.35 bits per heavy atom. The molecule has 0 aliphatic carbocycles. The molecule has 2 N–H and O–H groups in total. The van der Waals surface area contributed by atoms with E-state index in [0.29, 0.717) is 19.5 Å². The van der Waals surface area contributed by atoms with Crippen molar-refractivity contribution in [3.63, 3.8) is 0 Å². The SMILES string of the molecule is COc1ccc(CCNC(=O)CCNc2ccccc2C(C)(C)C)cc1. The summed E-state index contributed by atoms with van der Waals surface area (Å²) < 4.78 is 5.15. The maximum Gasteiger partial charge on any atom is 0.221 e. The van der Waals surface area contributed by atoms with Crippen LogP contribution in [-0.2, 0) is 16.6 Å². The zero-order valence-electron chi connectivity index (χ0n) is 16.3. The topological polar surface area (TPSA) is 50.4 Å². The highest BCUT2D eigenvalue weighted by Gasteiger charge is 2.17. The van der Waals surface area contributed by atoms with E-state index >= 15 is 0 Å². The van der Waals surface area contributed by atoms with Gasteiger partial charge in [0.2, 0.25) is 5.91 Å². The summed E-state index contributed by atoms with van der Waals surface area (Å²) in [5.74, 6) is 0.915. The van der Waals surface area contributed by atoms with Crippen molar-refractivity contribution < 1.29 is 9.53 Å². The van der Waals surface area contributed by atoms with Crippen molar-refractivity contribution in [2.45, 2.75) is 39.0 Å². The third kappa shape index (κ3) is 6.10. The van der Waals surface area contributed by atoms with Crippen LogP contribution in [0.25, 0.3) is 0 Å². The molecule has 1 amide bonds. The predicted octanol–water partition coefficient (Wildman–Crippen LogP) is 4.15. The van der Waals surface area contributed by atoms with Crippen molar-refractivity contribution in [1.29, 1.82) is 0 Å². The Labute approximate surface area is 157 Å². The summed E-state index contributed by atoms with van der Waals surface area (Å²) in [4.78, 5) is 12.0. The van der Waals surface area contributed by atoms with Gasteiger partial charge in [-0.25, -0.2) is 0 Å². The Balaban J connectivity index is 1.72. The summed E-state index contributed by atoms with van der Waals surface area (Å²) in [6, 6.07) is 16.2. The highest BCUT2D eigenvalue weighted by atomic mass is 16.5. The minimum Gasteiger partial charge on any atom is -0.497 e. The standard InChI is InChI=1S/C22H30N2O2/c1-22(2,3)19-7-5-6-8-20(19)23-16-14-21(25)24-15-13-17-9-11-18(26-4)12-10-17/h5-12,23H,13-16H2,1-4H3,(H,24,25). The first kappa shape index (κ1) is 19.8. The smallest absolute Gasteiger partial charge is 0.221 e. The van der Waals surface area contributed by atoms with Gasteiger partial charge in [-0.1, -0.05) is 51.1 Å². The second-order valence-electron chi connectivity index (χ2n) is 7.42. The van der Waals surface area contributed by atoms with Gasteiger partial charge in [0.1, 0.15) is 5.75 Å². The molecular weight excluding hydrogens is 324 g/mol. The van der Waals surface area contributed by atoms with E-state index in [1.165, 1.54) is 11.1 Å². The van der Waals surface area contributed by atoms with Crippen LogP contribution in [0.1, 0.15) is 38.3 Å². The highest BCUT2D eigenvalue weighted by Crippen LogP contribution is 2.29. The number of rotatable bonds is 8. The number of ether oxygens (including phenoxy) is 1. The normalized spacial score (nSPS) is 11.1. The lowest BCUT2D eigenvalue weighted by molar-refractivity contribution is -0.120. The van der Waals surface area contributed by atoms with Crippen molar-refractivity contribution in [2.24, 2.45) is 0 Å². The maximum atomic E-state index is 12.0. The Hall–Kier alpha value is -2.49. The van der Waals surface area contributed by atoms with Gasteiger partial charge in [-0.2, -0.15) is 0 Å². The van der Waals surface area contributed by atoms with Crippen LogP contribution in [0.5, 0.6) is 5.75 Å². The van der Waals surface area contributed by atoms with Crippen molar-refractivity contribution >= 4 is 11.6 Å². The van der Waals surface area contributed by atoms with Gasteiger partial charge in [-0.15, -0.1) is 0 Å². The third-order valence-electron chi connectivity index (χ3n) is 4.30. The summed E-state index contributed by atoms with van der Waals surface area (Å²) in [5, 5.41) is 6.38. The lowest BCUT2D eigenvalue weighted by atomic mass is 9.86. The lowest BCUT2D eigenvalue weighted by Gasteiger charge is -2.23. The van der Waals surface area contributed by atoms with E-state index in [4.69, 9.17) is 4.74 Å². The van der Waals surface area contributed by atoms with Crippen LogP contribution in [0.15, 0.2) is 48.5 Å². The fourth-order valence-corrected chi connectivity index (χ4v) is 2.83. The molecular formula is C22H30N2O2. The van der Waals surface area contributed by atoms with Crippen molar-refractivity contribution in [2.75, 3.05) is 25.5 Å². The van der Waals surface area contributed by atoms with Gasteiger partial charge in [-0.3, -0.25) is 4.79 Å². The molecule has 0 heterocycles. The van der Waals surface area contributed by atoms with Crippen LogP contribution in [0.3, 0.4) is 0 Å². The van der Waals surface area contributed by atoms with E-state index < -0.39 is 0 Å². The van der Waals surface area contributed by atoms with E-state index in [0.717, 1.165) is 17.9 Å². The molecule has 0 saturated carbocycles. The Morgan fingerprint density at radius 2 is 1.69 bits per heavy atom. The molecule has 26 heavy (non-hydrogen) atoms. The zero-order valence-corrected chi connectivity index (χ0v) is 16.3. The molecule has 2 aromatic carbocycles. The summed E-state index contributed by atoms with van der Waals surface area (Å²) in [7, 11) is 1.66. The van der Waals surface area contributed by atoms with Crippen molar-refractivity contribution in [3.8, 4) is 5.75 Å². The molecule has 0 aliphatic heterocycles. The van der Waals surface area contributed by atoms with Gasteiger partial charge >= 0.3 is 0 Å². The van der Waals surface area contributed by atoms with Crippen molar-refractivity contribution in [1.82, 2.24) is 5.32 Å². The van der Waals surface area contributed by atoms with Crippen LogP contribution in [-0.4, -0.2) is 26.1 Å². The molecule has 0 bridgehead atoms. The fraction of sp³-hybridized carbons (Fsp3) is 0.409. The van der Waals surface area contributed by atoms with Gasteiger partial charge in [-0.05, 0) is 41.2 Å². The Bertz CT molecular complexity index is 703. The van der Waals surface area contributed by atoms with Crippen molar-refractivity contribution in [3.05, 3.63) is 59.7 Å². The average molecular weight is 354 g/mol. The summed E-state index contributed by atoms with van der Waals surface area (Å²) >= 11 is 0. The van der Waals surface area contributed by atoms with Gasteiger partial charge in [0.15, 0.2) is 0 Å². The van der Waals surface area contributed by atoms with Gasteiger partial charge in [0, 0.05) is 25.2 Å². The summed E-state index contributed by atoms with van der Waals surface area (Å²) in [6.45, 7) is 7.85. The molecule has 0 spiro atoms. The molecule has 0 atom stereocenters. The number of para-hydroxylation sites is 1. The predicted molar refractivity (Wildman–Crippen MR) is 108 cm³/mol. The number of carbonyl (C=O) groups is 1. The van der Waals surface area contributed by atoms with E-state index in [1.807, 2.05) is 30.3 Å². The van der Waals surface area contributed by atoms with E-state index in [1.54, 1.807) is 7.11 Å². The van der Waals surface area contributed by atoms with Gasteiger partial charge in [0.05, 0.1) is 7.11 Å². The quantitative estimate of drug-likeness (QED) is 0.749. The molecule has 2 aromatic rings. The molecule has 0 aromatic heterocycles. The molecule has 0 fully saturated rings. The van der Waals surface area contributed by atoms with E-state index in [2.05, 4.69) is 49.6 Å². The second kappa shape index (κ2) is 9.27. The number of amides is 1. The molecule has 0 aliphatic rings. The molecule has 4 nitrogen and oxygen atoms in total. The average Bonchev–Trinajstić information content (AvgIpc) is 2.62. The first-order valence-corrected chi connectivity index (χ1v) is 9.13. The summed E-state index contributed by atoms with van der Waals surface area (Å²) in [6.07, 6.45) is 1.27. The Morgan fingerprint density at radius 1 is 1.00 bits per heavy atom. The maximum absolute atomic E-state index is 12.0. The molecule has 4 heteroatoms. The number of methoxy groups -OCH3 is 1. The lowest BCUT2D eigenvalue weighted by Crippen LogP contribution is -2.27. The van der Waals surface area contributed by atoms with Crippen LogP contribution >= 0.6 is 0 Å². The van der Waals surface area contributed by atoms with Crippen LogP contribution in [0.4, 0.5) is 5.69 Å². The number of anilines is 1. The van der Waals surface area contributed by atoms with Crippen LogP contribution < -0.4 is 15.4 Å². The monoisotopic (exact) mass is 354 g/mol. The van der Waals surface area contributed by atoms with E-state index in [-0.39, 0.29) is 11.3 Å². The molecule has 140 valence electrons. The number of hydrogen-bond acceptors (Lipinski definition) is 3. The van der Waals surface area contributed by atoms with E-state index in [9.17, 15) is 4.79 Å². The molecule has 2 rings (SSSR count). The largest absolute Gasteiger partial charge is 0.497 e. The van der Waals surface area contributed by atoms with Crippen LogP contribution in [0.2, 0.25) is 0 Å². The number of carbonyl (C=O) groups excluding carboxylic acids is 1. The molecule has 0 saturated heterocycles. The van der Waals surface area contributed by atoms with Gasteiger partial charge in [0.25, 0.3) is 0 Å². The first-order chi connectivity index (χ1) is 12.4. The number of nitrogens with one attached hydrogen (secondary N) is 2. The number of benzene rings is 2. The second-order valence-corrected chi connectivity index (χ2v) is 7.42. The minimum absolute atomic E-state index is 0.0688. The summed E-state index contributed by atoms with van der Waals surface area (Å²) in [5.41, 5.74) is 3.62. The minimum atomic E-state index is 0.0688. The van der Waals surface area contributed by atoms with Gasteiger partial charge < -0.3 is 15.4 Å².